The molecule has 1 aliphatic rings. The average Bonchev–Trinajstić information content (AvgIpc) is 3.35. The Balaban J connectivity index is 1.64. The number of rotatable bonds is 4. The number of benzene rings is 2. The van der Waals surface area contributed by atoms with E-state index in [1.54, 1.807) is 26.4 Å². The Hall–Kier alpha value is -3.09. The third-order valence-electron chi connectivity index (χ3n) is 4.87. The second-order valence-electron chi connectivity index (χ2n) is 6.30. The Morgan fingerprint density at radius 1 is 1.08 bits per heavy atom. The average molecular weight is 352 g/mol. The number of likely N-dealkylation sites (tertiary alicyclic amines) is 1. The molecule has 7 heteroatoms. The van der Waals surface area contributed by atoms with E-state index in [0.717, 1.165) is 30.5 Å². The highest BCUT2D eigenvalue weighted by atomic mass is 16.5. The summed E-state index contributed by atoms with van der Waals surface area (Å²) >= 11 is 0. The minimum atomic E-state index is 0.00665. The lowest BCUT2D eigenvalue weighted by Crippen LogP contribution is -2.30. The molecular weight excluding hydrogens is 332 g/mol. The van der Waals surface area contributed by atoms with Gasteiger partial charge in [-0.05, 0) is 48.7 Å². The number of nitrogens with zero attached hydrogens (tertiary/aromatic N) is 3. The molecule has 0 saturated carbocycles. The maximum Gasteiger partial charge on any atom is 0.254 e. The van der Waals surface area contributed by atoms with Gasteiger partial charge in [-0.15, -0.1) is 0 Å². The molecule has 1 aromatic heterocycles. The summed E-state index contributed by atoms with van der Waals surface area (Å²) in [5.41, 5.74) is 3.12. The van der Waals surface area contributed by atoms with Crippen molar-refractivity contribution < 1.29 is 14.3 Å². The first kappa shape index (κ1) is 16.4. The van der Waals surface area contributed by atoms with Crippen molar-refractivity contribution in [3.05, 3.63) is 47.5 Å². The Morgan fingerprint density at radius 2 is 1.88 bits per heavy atom. The Labute approximate surface area is 150 Å². The smallest absolute Gasteiger partial charge is 0.254 e. The molecule has 2 heterocycles. The summed E-state index contributed by atoms with van der Waals surface area (Å²) in [6, 6.07) is 11.3. The zero-order valence-corrected chi connectivity index (χ0v) is 14.7. The molecule has 4 rings (SSSR count). The highest BCUT2D eigenvalue weighted by Crippen LogP contribution is 2.37. The molecule has 3 aromatic rings. The van der Waals surface area contributed by atoms with Gasteiger partial charge in [-0.25, -0.2) is 0 Å². The fraction of sp³-hybridized carbons (Fsp3) is 0.316. The van der Waals surface area contributed by atoms with Crippen molar-refractivity contribution in [3.8, 4) is 11.5 Å². The Morgan fingerprint density at radius 3 is 2.69 bits per heavy atom. The van der Waals surface area contributed by atoms with Crippen LogP contribution in [0.1, 0.15) is 34.8 Å². The summed E-state index contributed by atoms with van der Waals surface area (Å²) in [6.07, 6.45) is 1.89. The summed E-state index contributed by atoms with van der Waals surface area (Å²) in [7, 11) is 3.23. The van der Waals surface area contributed by atoms with E-state index in [0.29, 0.717) is 22.6 Å². The van der Waals surface area contributed by atoms with Crippen molar-refractivity contribution in [1.82, 2.24) is 20.3 Å². The number of amides is 1. The highest BCUT2D eigenvalue weighted by Gasteiger charge is 2.31. The van der Waals surface area contributed by atoms with Crippen LogP contribution in [0.3, 0.4) is 0 Å². The van der Waals surface area contributed by atoms with Gasteiger partial charge in [-0.2, -0.15) is 15.4 Å². The molecule has 1 atom stereocenters. The maximum atomic E-state index is 13.1. The van der Waals surface area contributed by atoms with Gasteiger partial charge in [0.25, 0.3) is 5.91 Å². The van der Waals surface area contributed by atoms with Crippen LogP contribution in [0.15, 0.2) is 36.4 Å². The highest BCUT2D eigenvalue weighted by molar-refractivity contribution is 5.97. The van der Waals surface area contributed by atoms with E-state index in [2.05, 4.69) is 15.4 Å². The lowest BCUT2D eigenvalue weighted by atomic mass is 10.0. The van der Waals surface area contributed by atoms with Gasteiger partial charge in [0.05, 0.1) is 20.3 Å². The molecule has 0 bridgehead atoms. The van der Waals surface area contributed by atoms with Crippen molar-refractivity contribution in [2.75, 3.05) is 20.8 Å². The number of hydrogen-bond acceptors (Lipinski definition) is 5. The molecule has 0 aliphatic carbocycles. The number of carbonyl (C=O) groups is 1. The molecule has 1 saturated heterocycles. The maximum absolute atomic E-state index is 13.1. The number of methoxy groups -OCH3 is 2. The standard InChI is InChI=1S/C19H20N4O3/c1-25-17-8-6-12(11-18(17)26-2)16-4-3-9-23(16)19(24)13-5-7-14-15(10-13)21-22-20-14/h5-8,10-11,16H,3-4,9H2,1-2H3,(H,20,21,22)/t16-/m1/s1. The van der Waals surface area contributed by atoms with Gasteiger partial charge in [0.1, 0.15) is 11.0 Å². The molecule has 2 aromatic carbocycles. The van der Waals surface area contributed by atoms with Crippen LogP contribution in [0, 0.1) is 0 Å². The van der Waals surface area contributed by atoms with Crippen LogP contribution >= 0.6 is 0 Å². The summed E-state index contributed by atoms with van der Waals surface area (Å²) < 4.78 is 10.7. The van der Waals surface area contributed by atoms with Gasteiger partial charge in [0.2, 0.25) is 0 Å². The van der Waals surface area contributed by atoms with E-state index >= 15 is 0 Å². The fourth-order valence-corrected chi connectivity index (χ4v) is 3.56. The normalized spacial score (nSPS) is 16.8. The van der Waals surface area contributed by atoms with Crippen LogP contribution in [-0.2, 0) is 0 Å². The monoisotopic (exact) mass is 352 g/mol. The molecule has 0 unspecified atom stereocenters. The number of carbonyl (C=O) groups excluding carboxylic acids is 1. The Kier molecular flexibility index (Phi) is 4.20. The summed E-state index contributed by atoms with van der Waals surface area (Å²) in [4.78, 5) is 15.0. The van der Waals surface area contributed by atoms with Crippen LogP contribution in [-0.4, -0.2) is 47.0 Å². The third kappa shape index (κ3) is 2.75. The number of hydrogen-bond donors (Lipinski definition) is 1. The van der Waals surface area contributed by atoms with Crippen LogP contribution in [0.5, 0.6) is 11.5 Å². The second-order valence-corrected chi connectivity index (χ2v) is 6.30. The first-order valence-corrected chi connectivity index (χ1v) is 8.54. The van der Waals surface area contributed by atoms with E-state index in [9.17, 15) is 4.79 Å². The van der Waals surface area contributed by atoms with E-state index < -0.39 is 0 Å². The number of H-pyrrole nitrogens is 1. The third-order valence-corrected chi connectivity index (χ3v) is 4.87. The topological polar surface area (TPSA) is 80.3 Å². The molecule has 1 N–H and O–H groups in total. The lowest BCUT2D eigenvalue weighted by molar-refractivity contribution is 0.0735. The van der Waals surface area contributed by atoms with E-state index in [1.165, 1.54) is 0 Å². The largest absolute Gasteiger partial charge is 0.493 e. The molecule has 26 heavy (non-hydrogen) atoms. The predicted molar refractivity (Wildman–Crippen MR) is 96.4 cm³/mol. The summed E-state index contributed by atoms with van der Waals surface area (Å²) in [5.74, 6) is 1.36. The SMILES string of the molecule is COc1ccc([C@H]2CCCN2C(=O)c2ccc3n[nH]nc3c2)cc1OC. The van der Waals surface area contributed by atoms with Crippen molar-refractivity contribution in [1.29, 1.82) is 0 Å². The number of aromatic amines is 1. The van der Waals surface area contributed by atoms with E-state index in [4.69, 9.17) is 9.47 Å². The van der Waals surface area contributed by atoms with Crippen LogP contribution in [0.25, 0.3) is 11.0 Å². The van der Waals surface area contributed by atoms with Crippen molar-refractivity contribution in [2.45, 2.75) is 18.9 Å². The zero-order valence-electron chi connectivity index (χ0n) is 14.7. The van der Waals surface area contributed by atoms with E-state index in [-0.39, 0.29) is 11.9 Å². The zero-order chi connectivity index (χ0) is 18.1. The molecule has 1 amide bonds. The molecule has 0 spiro atoms. The molecule has 1 aliphatic heterocycles. The molecule has 1 fully saturated rings. The molecule has 0 radical (unpaired) electrons. The van der Waals surface area contributed by atoms with Gasteiger partial charge in [-0.3, -0.25) is 4.79 Å². The first-order chi connectivity index (χ1) is 12.7. The first-order valence-electron chi connectivity index (χ1n) is 8.54. The van der Waals surface area contributed by atoms with Crippen LogP contribution in [0.4, 0.5) is 0 Å². The second kappa shape index (κ2) is 6.67. The summed E-state index contributed by atoms with van der Waals surface area (Å²) in [6.45, 7) is 0.731. The Bertz CT molecular complexity index is 953. The number of aromatic nitrogens is 3. The number of fused-ring (bicyclic) bond motifs is 1. The van der Waals surface area contributed by atoms with Gasteiger partial charge >= 0.3 is 0 Å². The quantitative estimate of drug-likeness (QED) is 0.781. The molecule has 134 valence electrons. The minimum Gasteiger partial charge on any atom is -0.493 e. The minimum absolute atomic E-state index is 0.00665. The van der Waals surface area contributed by atoms with Gasteiger partial charge in [0.15, 0.2) is 11.5 Å². The summed E-state index contributed by atoms with van der Waals surface area (Å²) in [5, 5.41) is 10.7. The molecule has 7 nitrogen and oxygen atoms in total. The van der Waals surface area contributed by atoms with Gasteiger partial charge < -0.3 is 14.4 Å². The fourth-order valence-electron chi connectivity index (χ4n) is 3.56. The number of ether oxygens (including phenoxy) is 2. The van der Waals surface area contributed by atoms with E-state index in [1.807, 2.05) is 29.2 Å². The molecular formula is C19H20N4O3. The lowest BCUT2D eigenvalue weighted by Gasteiger charge is -2.26. The van der Waals surface area contributed by atoms with Crippen molar-refractivity contribution in [3.63, 3.8) is 0 Å². The number of nitrogens with one attached hydrogen (secondary N) is 1. The van der Waals surface area contributed by atoms with Gasteiger partial charge in [0, 0.05) is 12.1 Å². The van der Waals surface area contributed by atoms with Crippen molar-refractivity contribution in [2.24, 2.45) is 0 Å². The predicted octanol–water partition coefficient (Wildman–Crippen LogP) is 2.95. The van der Waals surface area contributed by atoms with Crippen LogP contribution in [0.2, 0.25) is 0 Å². The van der Waals surface area contributed by atoms with Crippen molar-refractivity contribution >= 4 is 16.9 Å². The van der Waals surface area contributed by atoms with Gasteiger partial charge in [-0.1, -0.05) is 6.07 Å². The van der Waals surface area contributed by atoms with Crippen LogP contribution < -0.4 is 9.47 Å².